The molecule has 1 rings (SSSR count). The third-order valence-corrected chi connectivity index (χ3v) is 3.42. The van der Waals surface area contributed by atoms with Gasteiger partial charge in [-0.25, -0.2) is 4.79 Å². The van der Waals surface area contributed by atoms with E-state index in [0.29, 0.717) is 12.8 Å². The molecule has 0 spiro atoms. The summed E-state index contributed by atoms with van der Waals surface area (Å²) < 4.78 is 0. The van der Waals surface area contributed by atoms with Gasteiger partial charge in [-0.1, -0.05) is 33.1 Å². The van der Waals surface area contributed by atoms with Crippen LogP contribution >= 0.6 is 0 Å². The molecule has 1 aliphatic carbocycles. The van der Waals surface area contributed by atoms with E-state index in [1.807, 2.05) is 0 Å². The maximum absolute atomic E-state index is 12.0. The van der Waals surface area contributed by atoms with Crippen molar-refractivity contribution in [2.45, 2.75) is 57.5 Å². The van der Waals surface area contributed by atoms with Gasteiger partial charge in [0.05, 0.1) is 5.54 Å². The molecule has 0 saturated heterocycles. The van der Waals surface area contributed by atoms with Crippen LogP contribution in [-0.4, -0.2) is 28.6 Å². The summed E-state index contributed by atoms with van der Waals surface area (Å²) in [6.45, 7) is 3.53. The fourth-order valence-electron chi connectivity index (χ4n) is 2.21. The molecule has 17 heavy (non-hydrogen) atoms. The third kappa shape index (κ3) is 3.43. The van der Waals surface area contributed by atoms with E-state index in [1.165, 1.54) is 0 Å². The molecule has 0 aromatic rings. The Balaban J connectivity index is 2.66. The lowest BCUT2D eigenvalue weighted by atomic mass is 9.81. The Bertz CT molecular complexity index is 296. The van der Waals surface area contributed by atoms with Crippen molar-refractivity contribution in [2.75, 3.05) is 0 Å². The summed E-state index contributed by atoms with van der Waals surface area (Å²) in [5.41, 5.74) is 5.17. The first-order chi connectivity index (χ1) is 7.87. The van der Waals surface area contributed by atoms with Gasteiger partial charge in [-0.2, -0.15) is 0 Å². The molecule has 98 valence electrons. The number of hydrogen-bond acceptors (Lipinski definition) is 3. The lowest BCUT2D eigenvalue weighted by Crippen LogP contribution is -2.59. The van der Waals surface area contributed by atoms with Gasteiger partial charge in [0, 0.05) is 0 Å². The van der Waals surface area contributed by atoms with Crippen LogP contribution < -0.4 is 11.1 Å². The van der Waals surface area contributed by atoms with E-state index in [4.69, 9.17) is 10.8 Å². The first-order valence-corrected chi connectivity index (χ1v) is 6.19. The molecular formula is C12H22N2O3. The van der Waals surface area contributed by atoms with Crippen LogP contribution in [0.15, 0.2) is 0 Å². The molecule has 1 saturated carbocycles. The average molecular weight is 242 g/mol. The van der Waals surface area contributed by atoms with Crippen LogP contribution in [0.4, 0.5) is 0 Å². The minimum Gasteiger partial charge on any atom is -0.480 e. The van der Waals surface area contributed by atoms with E-state index >= 15 is 0 Å². The van der Waals surface area contributed by atoms with Crippen LogP contribution in [0.1, 0.15) is 46.0 Å². The molecule has 0 aromatic heterocycles. The maximum atomic E-state index is 12.0. The van der Waals surface area contributed by atoms with Crippen LogP contribution in [0.2, 0.25) is 0 Å². The highest BCUT2D eigenvalue weighted by atomic mass is 16.4. The summed E-state index contributed by atoms with van der Waals surface area (Å²) in [6, 6.07) is -0.857. The van der Waals surface area contributed by atoms with Gasteiger partial charge in [0.15, 0.2) is 0 Å². The molecule has 1 fully saturated rings. The molecule has 0 radical (unpaired) electrons. The molecule has 5 nitrogen and oxygen atoms in total. The quantitative estimate of drug-likeness (QED) is 0.682. The van der Waals surface area contributed by atoms with Crippen LogP contribution in [0.3, 0.4) is 0 Å². The zero-order valence-electron chi connectivity index (χ0n) is 10.5. The van der Waals surface area contributed by atoms with E-state index in [2.05, 4.69) is 5.32 Å². The minimum absolute atomic E-state index is 0.149. The van der Waals surface area contributed by atoms with Crippen LogP contribution in [0.25, 0.3) is 0 Å². The standard InChI is InChI=1S/C12H22N2O3/c1-8(2)9(10(15)16)14-11(17)12(13)6-4-3-5-7-12/h8-9H,3-7,13H2,1-2H3,(H,14,17)(H,15,16)/t9-/m0/s1. The van der Waals surface area contributed by atoms with Crippen molar-refractivity contribution in [2.24, 2.45) is 11.7 Å². The second-order valence-corrected chi connectivity index (χ2v) is 5.25. The predicted octanol–water partition coefficient (Wildman–Crippen LogP) is 0.873. The van der Waals surface area contributed by atoms with Crippen molar-refractivity contribution in [3.8, 4) is 0 Å². The highest BCUT2D eigenvalue weighted by molar-refractivity contribution is 5.90. The van der Waals surface area contributed by atoms with E-state index in [1.54, 1.807) is 13.8 Å². The molecule has 0 unspecified atom stereocenters. The Morgan fingerprint density at radius 3 is 2.18 bits per heavy atom. The number of carbonyl (C=O) groups excluding carboxylic acids is 1. The number of carbonyl (C=O) groups is 2. The second kappa shape index (κ2) is 5.49. The van der Waals surface area contributed by atoms with Gasteiger partial charge < -0.3 is 16.2 Å². The summed E-state index contributed by atoms with van der Waals surface area (Å²) in [5, 5.41) is 11.6. The fourth-order valence-corrected chi connectivity index (χ4v) is 2.21. The number of carboxylic acid groups (broad SMARTS) is 1. The van der Waals surface area contributed by atoms with Gasteiger partial charge >= 0.3 is 5.97 Å². The average Bonchev–Trinajstić information content (AvgIpc) is 2.25. The van der Waals surface area contributed by atoms with Gasteiger partial charge in [0.2, 0.25) is 5.91 Å². The van der Waals surface area contributed by atoms with Gasteiger partial charge in [-0.05, 0) is 18.8 Å². The molecule has 0 aromatic carbocycles. The molecule has 4 N–H and O–H groups in total. The van der Waals surface area contributed by atoms with E-state index in [9.17, 15) is 9.59 Å². The lowest BCUT2D eigenvalue weighted by molar-refractivity contribution is -0.144. The van der Waals surface area contributed by atoms with Crippen LogP contribution in [0, 0.1) is 5.92 Å². The van der Waals surface area contributed by atoms with Crippen molar-refractivity contribution in [3.05, 3.63) is 0 Å². The Morgan fingerprint density at radius 1 is 1.24 bits per heavy atom. The summed E-state index contributed by atoms with van der Waals surface area (Å²) >= 11 is 0. The van der Waals surface area contributed by atoms with Gasteiger partial charge in [-0.15, -0.1) is 0 Å². The van der Waals surface area contributed by atoms with Crippen LogP contribution in [0.5, 0.6) is 0 Å². The fraction of sp³-hybridized carbons (Fsp3) is 0.833. The number of nitrogens with one attached hydrogen (secondary N) is 1. The Morgan fingerprint density at radius 2 is 1.76 bits per heavy atom. The molecule has 1 atom stereocenters. The second-order valence-electron chi connectivity index (χ2n) is 5.25. The van der Waals surface area contributed by atoms with Crippen molar-refractivity contribution >= 4 is 11.9 Å². The molecule has 5 heteroatoms. The van der Waals surface area contributed by atoms with Gasteiger partial charge in [0.25, 0.3) is 0 Å². The molecule has 0 aliphatic heterocycles. The number of carboxylic acids is 1. The largest absolute Gasteiger partial charge is 0.480 e. The van der Waals surface area contributed by atoms with E-state index in [-0.39, 0.29) is 11.8 Å². The molecule has 0 heterocycles. The highest BCUT2D eigenvalue weighted by Crippen LogP contribution is 2.26. The summed E-state index contributed by atoms with van der Waals surface area (Å²) in [4.78, 5) is 23.0. The monoisotopic (exact) mass is 242 g/mol. The predicted molar refractivity (Wildman–Crippen MR) is 64.4 cm³/mol. The number of nitrogens with two attached hydrogens (primary N) is 1. The smallest absolute Gasteiger partial charge is 0.326 e. The van der Waals surface area contributed by atoms with Gasteiger partial charge in [-0.3, -0.25) is 4.79 Å². The Kier molecular flexibility index (Phi) is 4.51. The summed E-state index contributed by atoms with van der Waals surface area (Å²) in [6.07, 6.45) is 4.25. The minimum atomic E-state index is -1.01. The Hall–Kier alpha value is -1.10. The first kappa shape index (κ1) is 14.0. The SMILES string of the molecule is CC(C)[C@H](NC(=O)C1(N)CCCCC1)C(=O)O. The number of aliphatic carboxylic acids is 1. The van der Waals surface area contributed by atoms with Crippen molar-refractivity contribution in [1.29, 1.82) is 0 Å². The lowest BCUT2D eigenvalue weighted by Gasteiger charge is -2.33. The van der Waals surface area contributed by atoms with Crippen molar-refractivity contribution in [1.82, 2.24) is 5.32 Å². The number of hydrogen-bond donors (Lipinski definition) is 3. The van der Waals surface area contributed by atoms with Gasteiger partial charge in [0.1, 0.15) is 6.04 Å². The van der Waals surface area contributed by atoms with E-state index in [0.717, 1.165) is 19.3 Å². The van der Waals surface area contributed by atoms with Crippen LogP contribution in [-0.2, 0) is 9.59 Å². The third-order valence-electron chi connectivity index (χ3n) is 3.42. The molecular weight excluding hydrogens is 220 g/mol. The van der Waals surface area contributed by atoms with Crippen molar-refractivity contribution in [3.63, 3.8) is 0 Å². The number of rotatable bonds is 4. The summed E-state index contributed by atoms with van der Waals surface area (Å²) in [7, 11) is 0. The first-order valence-electron chi connectivity index (χ1n) is 6.19. The zero-order valence-corrected chi connectivity index (χ0v) is 10.5. The summed E-state index contributed by atoms with van der Waals surface area (Å²) in [5.74, 6) is -1.48. The maximum Gasteiger partial charge on any atom is 0.326 e. The zero-order chi connectivity index (χ0) is 13.1. The Labute approximate surface area is 102 Å². The van der Waals surface area contributed by atoms with E-state index < -0.39 is 17.6 Å². The normalized spacial score (nSPS) is 20.9. The molecule has 1 amide bonds. The highest BCUT2D eigenvalue weighted by Gasteiger charge is 2.37. The molecule has 1 aliphatic rings. The molecule has 0 bridgehead atoms. The topological polar surface area (TPSA) is 92.4 Å². The number of amides is 1. The van der Waals surface area contributed by atoms with Crippen molar-refractivity contribution < 1.29 is 14.7 Å².